The average Bonchev–Trinajstić information content (AvgIpc) is 3.59. The van der Waals surface area contributed by atoms with Crippen molar-refractivity contribution in [2.75, 3.05) is 18.4 Å². The second-order valence-electron chi connectivity index (χ2n) is 14.0. The molecule has 4 bridgehead atoms. The van der Waals surface area contributed by atoms with Crippen molar-refractivity contribution in [3.8, 4) is 11.5 Å². The average molecular weight is 577 g/mol. The molecule has 0 spiro atoms. The number of rotatable bonds is 5. The molecule has 3 N–H and O–H groups in total. The van der Waals surface area contributed by atoms with Crippen LogP contribution >= 0.6 is 0 Å². The van der Waals surface area contributed by atoms with Crippen LogP contribution in [0.3, 0.4) is 0 Å². The minimum absolute atomic E-state index is 0.0293. The monoisotopic (exact) mass is 576 g/mol. The van der Waals surface area contributed by atoms with Crippen molar-refractivity contribution in [1.29, 1.82) is 0 Å². The van der Waals surface area contributed by atoms with Gasteiger partial charge in [0.1, 0.15) is 5.60 Å². The molecule has 224 valence electrons. The quantitative estimate of drug-likeness (QED) is 0.478. The van der Waals surface area contributed by atoms with Gasteiger partial charge in [0.2, 0.25) is 0 Å². The Morgan fingerprint density at radius 3 is 2.57 bits per heavy atom. The molecule has 5 fully saturated rings. The van der Waals surface area contributed by atoms with E-state index in [1.165, 1.54) is 0 Å². The number of allylic oxidation sites excluding steroid dienone is 1. The van der Waals surface area contributed by atoms with Crippen LogP contribution in [0.5, 0.6) is 0 Å². The molecule has 1 aliphatic heterocycles. The number of likely N-dealkylation sites (tertiary alicyclic amines) is 1. The number of aliphatic hydroxyl groups is 1. The van der Waals surface area contributed by atoms with Gasteiger partial charge in [0.05, 0.1) is 22.5 Å². The van der Waals surface area contributed by atoms with Crippen LogP contribution in [0.15, 0.2) is 16.8 Å². The van der Waals surface area contributed by atoms with Crippen LogP contribution in [-0.2, 0) is 11.2 Å². The first-order chi connectivity index (χ1) is 20.0. The lowest BCUT2D eigenvalue weighted by Gasteiger charge is -2.58. The number of ether oxygens (including phenoxy) is 1. The van der Waals surface area contributed by atoms with Crippen molar-refractivity contribution in [1.82, 2.24) is 25.3 Å². The van der Waals surface area contributed by atoms with E-state index in [0.717, 1.165) is 55.5 Å². The summed E-state index contributed by atoms with van der Waals surface area (Å²) in [5.74, 6) is 1.29. The van der Waals surface area contributed by atoms with Gasteiger partial charge in [-0.25, -0.2) is 4.79 Å². The Morgan fingerprint density at radius 1 is 1.14 bits per heavy atom. The van der Waals surface area contributed by atoms with Crippen LogP contribution in [0.4, 0.5) is 10.5 Å². The molecule has 6 aliphatic rings. The number of nitrogens with one attached hydrogen (secondary N) is 2. The van der Waals surface area contributed by atoms with E-state index in [0.29, 0.717) is 49.2 Å². The molecule has 42 heavy (non-hydrogen) atoms. The highest BCUT2D eigenvalue weighted by Crippen LogP contribution is 2.56. The van der Waals surface area contributed by atoms with Gasteiger partial charge in [0.25, 0.3) is 17.6 Å². The lowest BCUT2D eigenvalue weighted by Crippen LogP contribution is -2.59. The topological polar surface area (TPSA) is 143 Å². The molecule has 4 saturated carbocycles. The number of carbonyl (C=O) groups is 2. The lowest BCUT2D eigenvalue weighted by atomic mass is 9.52. The largest absolute Gasteiger partial charge is 0.444 e. The third-order valence-corrected chi connectivity index (χ3v) is 9.69. The first-order valence-electron chi connectivity index (χ1n) is 15.3. The Labute approximate surface area is 245 Å². The van der Waals surface area contributed by atoms with Gasteiger partial charge in [-0.3, -0.25) is 9.78 Å². The van der Waals surface area contributed by atoms with Crippen molar-refractivity contribution >= 4 is 23.8 Å². The summed E-state index contributed by atoms with van der Waals surface area (Å²) in [6.07, 6.45) is 12.6. The number of pyridine rings is 1. The highest BCUT2D eigenvalue weighted by Gasteiger charge is 2.55. The zero-order valence-corrected chi connectivity index (χ0v) is 24.6. The third kappa shape index (κ3) is 5.16. The first kappa shape index (κ1) is 27.4. The van der Waals surface area contributed by atoms with Gasteiger partial charge in [-0.1, -0.05) is 17.3 Å². The first-order valence-corrected chi connectivity index (χ1v) is 15.3. The van der Waals surface area contributed by atoms with Crippen LogP contribution in [0.1, 0.15) is 87.6 Å². The molecule has 11 nitrogen and oxygen atoms in total. The summed E-state index contributed by atoms with van der Waals surface area (Å²) < 4.78 is 11.1. The molecule has 0 radical (unpaired) electrons. The molecule has 3 heterocycles. The van der Waals surface area contributed by atoms with Crippen LogP contribution < -0.4 is 10.6 Å². The van der Waals surface area contributed by atoms with Crippen LogP contribution in [0, 0.1) is 17.8 Å². The minimum Gasteiger partial charge on any atom is -0.444 e. The maximum absolute atomic E-state index is 13.1. The zero-order valence-electron chi connectivity index (χ0n) is 24.6. The van der Waals surface area contributed by atoms with Gasteiger partial charge in [0.15, 0.2) is 0 Å². The smallest absolute Gasteiger partial charge is 0.410 e. The van der Waals surface area contributed by atoms with Gasteiger partial charge in [-0.2, -0.15) is 4.98 Å². The lowest BCUT2D eigenvalue weighted by molar-refractivity contribution is -0.129. The standard InChI is InChI=1S/C31H40N6O5/c1-30(2,3)41-29(39)37-9-7-20(8-10-37)33-27(38)26-35-28(42-36-26)22-16-32-23-6-4-5-21(23)25(22)34-24-18-11-17-12-19(24)15-31(40,13-17)14-18/h4-5,16-20,24,40H,6-15H2,1-3H3,(H,32,34)(H,33,38)/t17?,18-,19+,24?,31?. The van der Waals surface area contributed by atoms with E-state index in [9.17, 15) is 14.7 Å². The predicted octanol–water partition coefficient (Wildman–Crippen LogP) is 4.18. The number of piperidine rings is 1. The molecule has 1 saturated heterocycles. The Bertz CT molecular complexity index is 1410. The van der Waals surface area contributed by atoms with Crippen molar-refractivity contribution in [2.24, 2.45) is 17.8 Å². The van der Waals surface area contributed by atoms with E-state index in [1.807, 2.05) is 20.8 Å². The molecule has 5 aliphatic carbocycles. The zero-order chi connectivity index (χ0) is 29.2. The van der Waals surface area contributed by atoms with E-state index >= 15 is 0 Å². The fraction of sp³-hybridized carbons (Fsp3) is 0.645. The third-order valence-electron chi connectivity index (χ3n) is 9.69. The molecule has 3 unspecified atom stereocenters. The van der Waals surface area contributed by atoms with Crippen molar-refractivity contribution in [3.63, 3.8) is 0 Å². The highest BCUT2D eigenvalue weighted by atomic mass is 16.6. The Morgan fingerprint density at radius 2 is 1.88 bits per heavy atom. The van der Waals surface area contributed by atoms with E-state index in [4.69, 9.17) is 9.26 Å². The number of fused-ring (bicyclic) bond motifs is 1. The maximum Gasteiger partial charge on any atom is 0.410 e. The van der Waals surface area contributed by atoms with Gasteiger partial charge < -0.3 is 29.9 Å². The summed E-state index contributed by atoms with van der Waals surface area (Å²) in [6.45, 7) is 6.54. The maximum atomic E-state index is 13.1. The van der Waals surface area contributed by atoms with Crippen LogP contribution in [-0.4, -0.2) is 73.5 Å². The predicted molar refractivity (Wildman–Crippen MR) is 154 cm³/mol. The van der Waals surface area contributed by atoms with Crippen molar-refractivity contribution in [2.45, 2.75) is 95.4 Å². The summed E-state index contributed by atoms with van der Waals surface area (Å²) in [5.41, 5.74) is 2.59. The number of anilines is 1. The summed E-state index contributed by atoms with van der Waals surface area (Å²) in [6, 6.07) is 0.159. The van der Waals surface area contributed by atoms with Gasteiger partial charge in [-0.05, 0) is 83.5 Å². The Hall–Kier alpha value is -3.47. The van der Waals surface area contributed by atoms with E-state index in [2.05, 4.69) is 37.9 Å². The van der Waals surface area contributed by atoms with Gasteiger partial charge in [-0.15, -0.1) is 0 Å². The Balaban J connectivity index is 1.05. The normalized spacial score (nSPS) is 30.0. The summed E-state index contributed by atoms with van der Waals surface area (Å²) in [7, 11) is 0. The number of nitrogens with zero attached hydrogens (tertiary/aromatic N) is 4. The number of hydrogen-bond donors (Lipinski definition) is 3. The molecule has 11 heteroatoms. The Kier molecular flexibility index (Phi) is 6.56. The summed E-state index contributed by atoms with van der Waals surface area (Å²) in [4.78, 5) is 36.3. The number of amides is 2. The fourth-order valence-corrected chi connectivity index (χ4v) is 8.11. The van der Waals surface area contributed by atoms with Gasteiger partial charge in [0, 0.05) is 43.4 Å². The van der Waals surface area contributed by atoms with Crippen LogP contribution in [0.2, 0.25) is 0 Å². The molecule has 2 aromatic rings. The molecule has 5 atom stereocenters. The van der Waals surface area contributed by atoms with E-state index in [-0.39, 0.29) is 29.9 Å². The SMILES string of the molecule is CC(C)(C)OC(=O)N1CCC(NC(=O)c2noc(-c3cnc4c(c3NC3[C@@H]5CC6C[C@H]3CC(O)(C6)C5)C=CC4)n2)CC1. The van der Waals surface area contributed by atoms with Crippen LogP contribution in [0.25, 0.3) is 17.5 Å². The molecular weight excluding hydrogens is 536 g/mol. The minimum atomic E-state index is -0.545. The highest BCUT2D eigenvalue weighted by molar-refractivity contribution is 5.91. The fourth-order valence-electron chi connectivity index (χ4n) is 8.11. The summed E-state index contributed by atoms with van der Waals surface area (Å²) >= 11 is 0. The van der Waals surface area contributed by atoms with E-state index < -0.39 is 17.1 Å². The number of aromatic nitrogens is 3. The van der Waals surface area contributed by atoms with E-state index in [1.54, 1.807) is 11.1 Å². The molecular formula is C31H40N6O5. The molecule has 0 aromatic carbocycles. The molecule has 2 aromatic heterocycles. The second-order valence-corrected chi connectivity index (χ2v) is 14.0. The molecule has 8 rings (SSSR count). The number of hydrogen-bond acceptors (Lipinski definition) is 9. The number of carbonyl (C=O) groups excluding carboxylic acids is 2. The van der Waals surface area contributed by atoms with Crippen molar-refractivity contribution in [3.05, 3.63) is 29.4 Å². The van der Waals surface area contributed by atoms with Gasteiger partial charge >= 0.3 is 6.09 Å². The molecule has 2 amide bonds. The second kappa shape index (κ2) is 10.1. The summed E-state index contributed by atoms with van der Waals surface area (Å²) in [5, 5.41) is 22.0. The van der Waals surface area contributed by atoms with Crippen molar-refractivity contribution < 1.29 is 24.0 Å².